The summed E-state index contributed by atoms with van der Waals surface area (Å²) in [6.07, 6.45) is 0. The molecule has 1 aromatic carbocycles. The predicted molar refractivity (Wildman–Crippen MR) is 94.4 cm³/mol. The van der Waals surface area contributed by atoms with Gasteiger partial charge in [-0.15, -0.1) is 0 Å². The van der Waals surface area contributed by atoms with Crippen LogP contribution in [0.25, 0.3) is 0 Å². The Bertz CT molecular complexity index is 685. The quantitative estimate of drug-likeness (QED) is 0.690. The van der Waals surface area contributed by atoms with Gasteiger partial charge >= 0.3 is 5.97 Å². The van der Waals surface area contributed by atoms with E-state index in [0.717, 1.165) is 6.54 Å². The van der Waals surface area contributed by atoms with Crippen molar-refractivity contribution in [1.29, 1.82) is 0 Å². The highest BCUT2D eigenvalue weighted by Gasteiger charge is 2.65. The summed E-state index contributed by atoms with van der Waals surface area (Å²) in [5.41, 5.74) is 0.371. The molecule has 0 saturated heterocycles. The summed E-state index contributed by atoms with van der Waals surface area (Å²) < 4.78 is 0. The number of carboxylic acid groups (broad SMARTS) is 1. The van der Waals surface area contributed by atoms with Crippen molar-refractivity contribution in [3.05, 3.63) is 29.8 Å². The van der Waals surface area contributed by atoms with Gasteiger partial charge in [-0.05, 0) is 37.7 Å². The third kappa shape index (κ3) is 4.36. The Kier molecular flexibility index (Phi) is 5.47. The van der Waals surface area contributed by atoms with Crippen molar-refractivity contribution in [2.75, 3.05) is 32.5 Å². The van der Waals surface area contributed by atoms with E-state index < -0.39 is 23.2 Å². The van der Waals surface area contributed by atoms with Crippen molar-refractivity contribution in [1.82, 2.24) is 10.2 Å². The maximum Gasteiger partial charge on any atom is 0.307 e. The number of amides is 2. The minimum Gasteiger partial charge on any atom is -0.481 e. The number of hydrogen-bond donors (Lipinski definition) is 3. The molecule has 25 heavy (non-hydrogen) atoms. The molecule has 1 aliphatic carbocycles. The third-order valence-corrected chi connectivity index (χ3v) is 4.61. The van der Waals surface area contributed by atoms with E-state index in [2.05, 4.69) is 10.6 Å². The monoisotopic (exact) mass is 347 g/mol. The topological polar surface area (TPSA) is 98.7 Å². The van der Waals surface area contributed by atoms with Crippen molar-refractivity contribution in [3.8, 4) is 0 Å². The second-order valence-electron chi connectivity index (χ2n) is 7.24. The maximum absolute atomic E-state index is 12.4. The van der Waals surface area contributed by atoms with Gasteiger partial charge in [0, 0.05) is 24.3 Å². The van der Waals surface area contributed by atoms with E-state index in [1.54, 1.807) is 38.1 Å². The number of nitrogens with one attached hydrogen (secondary N) is 2. The Morgan fingerprint density at radius 1 is 1.20 bits per heavy atom. The van der Waals surface area contributed by atoms with E-state index in [1.165, 1.54) is 0 Å². The molecule has 7 heteroatoms. The molecule has 1 aromatic rings. The molecule has 0 aromatic heterocycles. The number of nitrogens with zero attached hydrogens (tertiary/aromatic N) is 1. The number of hydrogen-bond acceptors (Lipinski definition) is 4. The smallest absolute Gasteiger partial charge is 0.307 e. The molecule has 1 saturated carbocycles. The average molecular weight is 347 g/mol. The molecule has 1 aliphatic rings. The molecule has 2 atom stereocenters. The second-order valence-corrected chi connectivity index (χ2v) is 7.24. The van der Waals surface area contributed by atoms with Crippen LogP contribution in [-0.4, -0.2) is 55.0 Å². The van der Waals surface area contributed by atoms with E-state index in [-0.39, 0.29) is 11.8 Å². The molecule has 136 valence electrons. The molecule has 3 N–H and O–H groups in total. The molecule has 0 heterocycles. The van der Waals surface area contributed by atoms with Crippen LogP contribution in [0.4, 0.5) is 5.69 Å². The zero-order chi connectivity index (χ0) is 18.8. The number of carbonyl (C=O) groups is 3. The zero-order valence-corrected chi connectivity index (χ0v) is 15.0. The van der Waals surface area contributed by atoms with Gasteiger partial charge in [-0.2, -0.15) is 0 Å². The molecule has 2 unspecified atom stereocenters. The molecular weight excluding hydrogens is 322 g/mol. The Morgan fingerprint density at radius 2 is 1.88 bits per heavy atom. The van der Waals surface area contributed by atoms with Gasteiger partial charge in [0.25, 0.3) is 5.91 Å². The molecule has 0 bridgehead atoms. The van der Waals surface area contributed by atoms with E-state index in [1.807, 2.05) is 19.0 Å². The SMILES string of the molecule is CN(C)CCNC(=O)c1cccc(NC(=O)C2C(C(=O)O)C2(C)C)c1. The summed E-state index contributed by atoms with van der Waals surface area (Å²) in [7, 11) is 3.85. The summed E-state index contributed by atoms with van der Waals surface area (Å²) in [6.45, 7) is 4.80. The average Bonchev–Trinajstić information content (AvgIpc) is 3.10. The number of carbonyl (C=O) groups excluding carboxylic acids is 2. The van der Waals surface area contributed by atoms with Crippen LogP contribution in [-0.2, 0) is 9.59 Å². The minimum absolute atomic E-state index is 0.215. The van der Waals surface area contributed by atoms with Gasteiger partial charge in [0.2, 0.25) is 5.91 Å². The summed E-state index contributed by atoms with van der Waals surface area (Å²) >= 11 is 0. The van der Waals surface area contributed by atoms with Crippen LogP contribution < -0.4 is 10.6 Å². The highest BCUT2D eigenvalue weighted by molar-refractivity contribution is 6.01. The molecular formula is C18H25N3O4. The third-order valence-electron chi connectivity index (χ3n) is 4.61. The Labute approximate surface area is 147 Å². The van der Waals surface area contributed by atoms with Crippen molar-refractivity contribution >= 4 is 23.5 Å². The van der Waals surface area contributed by atoms with Gasteiger partial charge in [-0.25, -0.2) is 0 Å². The van der Waals surface area contributed by atoms with Crippen molar-refractivity contribution in [3.63, 3.8) is 0 Å². The van der Waals surface area contributed by atoms with Gasteiger partial charge in [0.1, 0.15) is 0 Å². The lowest BCUT2D eigenvalue weighted by Gasteiger charge is -2.11. The van der Waals surface area contributed by atoms with Gasteiger partial charge in [-0.3, -0.25) is 14.4 Å². The molecule has 1 fully saturated rings. The first-order valence-corrected chi connectivity index (χ1v) is 8.21. The summed E-state index contributed by atoms with van der Waals surface area (Å²) in [5, 5.41) is 14.7. The highest BCUT2D eigenvalue weighted by Crippen LogP contribution is 2.58. The number of carboxylic acids is 1. The Hall–Kier alpha value is -2.41. The maximum atomic E-state index is 12.4. The number of benzene rings is 1. The second kappa shape index (κ2) is 7.23. The van der Waals surface area contributed by atoms with Gasteiger partial charge in [0.15, 0.2) is 0 Å². The van der Waals surface area contributed by atoms with E-state index >= 15 is 0 Å². The fraction of sp³-hybridized carbons (Fsp3) is 0.500. The van der Waals surface area contributed by atoms with Crippen LogP contribution in [0, 0.1) is 17.3 Å². The number of likely N-dealkylation sites (N-methyl/N-ethyl adjacent to an activating group) is 1. The number of aliphatic carboxylic acids is 1. The first-order chi connectivity index (χ1) is 11.6. The van der Waals surface area contributed by atoms with Crippen LogP contribution in [0.2, 0.25) is 0 Å². The molecule has 0 aliphatic heterocycles. The number of anilines is 1. The first kappa shape index (κ1) is 18.9. The molecule has 2 amide bonds. The lowest BCUT2D eigenvalue weighted by molar-refractivity contribution is -0.140. The Balaban J connectivity index is 1.99. The van der Waals surface area contributed by atoms with Crippen molar-refractivity contribution < 1.29 is 19.5 Å². The molecule has 0 spiro atoms. The van der Waals surface area contributed by atoms with Crippen molar-refractivity contribution in [2.24, 2.45) is 17.3 Å². The lowest BCUT2D eigenvalue weighted by Crippen LogP contribution is -2.31. The van der Waals surface area contributed by atoms with Crippen LogP contribution in [0.1, 0.15) is 24.2 Å². The predicted octanol–water partition coefficient (Wildman–Crippen LogP) is 1.27. The van der Waals surface area contributed by atoms with Gasteiger partial charge < -0.3 is 20.6 Å². The van der Waals surface area contributed by atoms with Gasteiger partial charge in [0.05, 0.1) is 11.8 Å². The van der Waals surface area contributed by atoms with E-state index in [0.29, 0.717) is 17.8 Å². The summed E-state index contributed by atoms with van der Waals surface area (Å²) in [5.74, 6) is -2.75. The largest absolute Gasteiger partial charge is 0.481 e. The highest BCUT2D eigenvalue weighted by atomic mass is 16.4. The molecule has 2 rings (SSSR count). The molecule has 0 radical (unpaired) electrons. The zero-order valence-electron chi connectivity index (χ0n) is 15.0. The lowest BCUT2D eigenvalue weighted by atomic mass is 10.1. The van der Waals surface area contributed by atoms with Crippen LogP contribution >= 0.6 is 0 Å². The van der Waals surface area contributed by atoms with E-state index in [9.17, 15) is 19.5 Å². The standard InChI is InChI=1S/C18H25N3O4/c1-18(2)13(14(18)17(24)25)16(23)20-12-7-5-6-11(10-12)15(22)19-8-9-21(3)4/h5-7,10,13-14H,8-9H2,1-4H3,(H,19,22)(H,20,23)(H,24,25). The number of rotatable bonds is 7. The summed E-state index contributed by atoms with van der Waals surface area (Å²) in [6, 6.07) is 6.62. The van der Waals surface area contributed by atoms with Crippen LogP contribution in [0.5, 0.6) is 0 Å². The fourth-order valence-corrected chi connectivity index (χ4v) is 3.04. The minimum atomic E-state index is -0.959. The Morgan fingerprint density at radius 3 is 2.44 bits per heavy atom. The van der Waals surface area contributed by atoms with Crippen LogP contribution in [0.15, 0.2) is 24.3 Å². The fourth-order valence-electron chi connectivity index (χ4n) is 3.04. The molecule has 7 nitrogen and oxygen atoms in total. The summed E-state index contributed by atoms with van der Waals surface area (Å²) in [4.78, 5) is 37.7. The van der Waals surface area contributed by atoms with Crippen LogP contribution in [0.3, 0.4) is 0 Å². The first-order valence-electron chi connectivity index (χ1n) is 8.21. The normalized spacial score (nSPS) is 20.8. The van der Waals surface area contributed by atoms with Crippen molar-refractivity contribution in [2.45, 2.75) is 13.8 Å². The van der Waals surface area contributed by atoms with E-state index in [4.69, 9.17) is 0 Å². The van der Waals surface area contributed by atoms with Gasteiger partial charge in [-0.1, -0.05) is 19.9 Å².